The van der Waals surface area contributed by atoms with Crippen molar-refractivity contribution in [3.05, 3.63) is 85.3 Å². The molecule has 1 atom stereocenters. The van der Waals surface area contributed by atoms with Gasteiger partial charge >= 0.3 is 5.69 Å². The molecule has 1 fully saturated rings. The fourth-order valence-corrected chi connectivity index (χ4v) is 3.97. The maximum absolute atomic E-state index is 13.1. The highest BCUT2D eigenvalue weighted by Crippen LogP contribution is 2.33. The Morgan fingerprint density at radius 3 is 2.80 bits per heavy atom. The van der Waals surface area contributed by atoms with Crippen molar-refractivity contribution in [2.45, 2.75) is 25.3 Å². The van der Waals surface area contributed by atoms with E-state index < -0.39 is 11.2 Å². The first-order valence-corrected chi connectivity index (χ1v) is 10.00. The van der Waals surface area contributed by atoms with E-state index in [2.05, 4.69) is 4.98 Å². The van der Waals surface area contributed by atoms with E-state index in [-0.39, 0.29) is 17.6 Å². The summed E-state index contributed by atoms with van der Waals surface area (Å²) >= 11 is 6.04. The van der Waals surface area contributed by atoms with Crippen LogP contribution in [-0.2, 0) is 20.5 Å². The van der Waals surface area contributed by atoms with Gasteiger partial charge in [-0.3, -0.25) is 18.7 Å². The van der Waals surface area contributed by atoms with Crippen molar-refractivity contribution in [2.75, 3.05) is 6.54 Å². The van der Waals surface area contributed by atoms with E-state index >= 15 is 0 Å². The summed E-state index contributed by atoms with van der Waals surface area (Å²) in [5, 5.41) is 0.652. The Balaban J connectivity index is 1.59. The zero-order chi connectivity index (χ0) is 21.4. The second kappa shape index (κ2) is 7.95. The summed E-state index contributed by atoms with van der Waals surface area (Å²) in [6, 6.07) is 8.36. The average Bonchev–Trinajstić information content (AvgIpc) is 3.38. The van der Waals surface area contributed by atoms with Crippen LogP contribution in [0.25, 0.3) is 0 Å². The van der Waals surface area contributed by atoms with Crippen LogP contribution in [0.4, 0.5) is 0 Å². The minimum absolute atomic E-state index is 0.0562. The van der Waals surface area contributed by atoms with E-state index in [0.29, 0.717) is 36.1 Å². The quantitative estimate of drug-likeness (QED) is 0.636. The molecule has 1 aliphatic heterocycles. The highest BCUT2D eigenvalue weighted by atomic mass is 35.5. The topological polar surface area (TPSA) is 90.3 Å². The molecule has 156 valence electrons. The molecule has 2 aromatic heterocycles. The van der Waals surface area contributed by atoms with Crippen LogP contribution in [0.2, 0.25) is 5.02 Å². The summed E-state index contributed by atoms with van der Waals surface area (Å²) in [4.78, 5) is 43.4. The fraction of sp³-hybridized carbons (Fsp3) is 0.333. The Hall–Kier alpha value is -3.13. The second-order valence-electron chi connectivity index (χ2n) is 7.40. The molecular formula is C21H21ClN4O4. The van der Waals surface area contributed by atoms with Crippen LogP contribution in [0.5, 0.6) is 0 Å². The van der Waals surface area contributed by atoms with Crippen molar-refractivity contribution < 1.29 is 9.21 Å². The molecule has 4 rings (SSSR count). The van der Waals surface area contributed by atoms with Gasteiger partial charge in [0, 0.05) is 38.1 Å². The molecule has 1 saturated heterocycles. The number of carbonyl (C=O) groups excluding carboxylic acids is 1. The normalized spacial score (nSPS) is 16.2. The molecule has 1 amide bonds. The van der Waals surface area contributed by atoms with E-state index in [4.69, 9.17) is 16.0 Å². The van der Waals surface area contributed by atoms with Crippen molar-refractivity contribution in [2.24, 2.45) is 14.1 Å². The van der Waals surface area contributed by atoms with Crippen molar-refractivity contribution in [3.63, 3.8) is 0 Å². The lowest BCUT2D eigenvalue weighted by molar-refractivity contribution is 0.0702. The van der Waals surface area contributed by atoms with E-state index in [1.165, 1.54) is 24.7 Å². The molecule has 0 bridgehead atoms. The average molecular weight is 429 g/mol. The van der Waals surface area contributed by atoms with Crippen LogP contribution in [-0.4, -0.2) is 31.5 Å². The molecule has 0 spiro atoms. The Bertz CT molecular complexity index is 1230. The van der Waals surface area contributed by atoms with Gasteiger partial charge in [-0.1, -0.05) is 23.7 Å². The number of likely N-dealkylation sites (tertiary alicyclic amines) is 1. The SMILES string of the molecule is Cn1c(C(=O)N2CCC[C@H]2c2ncc(Cc3cccc(Cl)c3)o2)cc(=O)n(C)c1=O. The number of oxazole rings is 1. The van der Waals surface area contributed by atoms with Crippen molar-refractivity contribution in [1.29, 1.82) is 0 Å². The van der Waals surface area contributed by atoms with Gasteiger partial charge in [0.1, 0.15) is 17.5 Å². The van der Waals surface area contributed by atoms with Crippen LogP contribution < -0.4 is 11.2 Å². The molecule has 3 aromatic rings. The first-order valence-electron chi connectivity index (χ1n) is 9.62. The highest BCUT2D eigenvalue weighted by Gasteiger charge is 2.35. The van der Waals surface area contributed by atoms with Gasteiger partial charge in [0.15, 0.2) is 0 Å². The summed E-state index contributed by atoms with van der Waals surface area (Å²) in [6.07, 6.45) is 3.67. The number of rotatable bonds is 4. The van der Waals surface area contributed by atoms with Gasteiger partial charge in [-0.05, 0) is 30.5 Å². The largest absolute Gasteiger partial charge is 0.443 e. The fourth-order valence-electron chi connectivity index (χ4n) is 3.76. The molecule has 0 saturated carbocycles. The summed E-state index contributed by atoms with van der Waals surface area (Å²) in [7, 11) is 2.86. The lowest BCUT2D eigenvalue weighted by Gasteiger charge is -2.23. The van der Waals surface area contributed by atoms with Crippen LogP contribution >= 0.6 is 11.6 Å². The Kier molecular flexibility index (Phi) is 5.34. The molecule has 30 heavy (non-hydrogen) atoms. The lowest BCUT2D eigenvalue weighted by Crippen LogP contribution is -2.42. The van der Waals surface area contributed by atoms with Gasteiger partial charge in [0.05, 0.1) is 6.20 Å². The molecule has 0 radical (unpaired) electrons. The minimum atomic E-state index is -0.540. The van der Waals surface area contributed by atoms with Gasteiger partial charge in [-0.15, -0.1) is 0 Å². The van der Waals surface area contributed by atoms with E-state index in [1.807, 2.05) is 24.3 Å². The molecule has 1 aliphatic rings. The van der Waals surface area contributed by atoms with Crippen LogP contribution in [0.15, 0.2) is 50.5 Å². The molecule has 8 nitrogen and oxygen atoms in total. The van der Waals surface area contributed by atoms with Gasteiger partial charge in [0.2, 0.25) is 5.89 Å². The van der Waals surface area contributed by atoms with Gasteiger partial charge in [-0.25, -0.2) is 9.78 Å². The number of amides is 1. The number of hydrogen-bond donors (Lipinski definition) is 0. The number of benzene rings is 1. The number of hydrogen-bond acceptors (Lipinski definition) is 5. The minimum Gasteiger partial charge on any atom is -0.443 e. The van der Waals surface area contributed by atoms with Gasteiger partial charge < -0.3 is 9.32 Å². The first kappa shape index (κ1) is 20.2. The Labute approximate surface area is 177 Å². The second-order valence-corrected chi connectivity index (χ2v) is 7.83. The number of nitrogens with zero attached hydrogens (tertiary/aromatic N) is 4. The third-order valence-corrected chi connectivity index (χ3v) is 5.62. The van der Waals surface area contributed by atoms with Crippen LogP contribution in [0, 0.1) is 0 Å². The molecule has 0 aliphatic carbocycles. The predicted molar refractivity (Wildman–Crippen MR) is 111 cm³/mol. The molecule has 3 heterocycles. The summed E-state index contributed by atoms with van der Waals surface area (Å²) in [5.41, 5.74) is -0.000880. The van der Waals surface area contributed by atoms with E-state index in [9.17, 15) is 14.4 Å². The van der Waals surface area contributed by atoms with Gasteiger partial charge in [-0.2, -0.15) is 0 Å². The van der Waals surface area contributed by atoms with Crippen molar-refractivity contribution >= 4 is 17.5 Å². The third-order valence-electron chi connectivity index (χ3n) is 5.38. The Morgan fingerprint density at radius 2 is 2.03 bits per heavy atom. The lowest BCUT2D eigenvalue weighted by atomic mass is 10.1. The highest BCUT2D eigenvalue weighted by molar-refractivity contribution is 6.30. The van der Waals surface area contributed by atoms with E-state index in [0.717, 1.165) is 16.6 Å². The van der Waals surface area contributed by atoms with Crippen molar-refractivity contribution in [3.8, 4) is 0 Å². The van der Waals surface area contributed by atoms with Crippen molar-refractivity contribution in [1.82, 2.24) is 19.0 Å². The van der Waals surface area contributed by atoms with Gasteiger partial charge in [0.25, 0.3) is 11.5 Å². The standard InChI is InChI=1S/C21H21ClN4O4/c1-24-17(11-18(27)25(2)21(24)29)20(28)26-8-4-7-16(26)19-23-12-15(30-19)10-13-5-3-6-14(22)9-13/h3,5-6,9,11-12,16H,4,7-8,10H2,1-2H3/t16-/m0/s1. The first-order chi connectivity index (χ1) is 14.3. The number of halogens is 1. The molecule has 9 heteroatoms. The van der Waals surface area contributed by atoms with Crippen LogP contribution in [0.3, 0.4) is 0 Å². The molecule has 0 unspecified atom stereocenters. The maximum atomic E-state index is 13.1. The van der Waals surface area contributed by atoms with Crippen LogP contribution in [0.1, 0.15) is 46.6 Å². The summed E-state index contributed by atoms with van der Waals surface area (Å²) in [5.74, 6) is 0.739. The molecule has 0 N–H and O–H groups in total. The third kappa shape index (κ3) is 3.70. The summed E-state index contributed by atoms with van der Waals surface area (Å²) in [6.45, 7) is 0.499. The molecular weight excluding hydrogens is 408 g/mol. The Morgan fingerprint density at radius 1 is 1.23 bits per heavy atom. The zero-order valence-corrected chi connectivity index (χ0v) is 17.4. The maximum Gasteiger partial charge on any atom is 0.331 e. The predicted octanol–water partition coefficient (Wildman–Crippen LogP) is 2.29. The van der Waals surface area contributed by atoms with E-state index in [1.54, 1.807) is 11.1 Å². The monoisotopic (exact) mass is 428 g/mol. The number of aromatic nitrogens is 3. The smallest absolute Gasteiger partial charge is 0.331 e. The number of carbonyl (C=O) groups is 1. The summed E-state index contributed by atoms with van der Waals surface area (Å²) < 4.78 is 8.10. The molecule has 1 aromatic carbocycles. The zero-order valence-electron chi connectivity index (χ0n) is 16.7.